The highest BCUT2D eigenvalue weighted by Crippen LogP contribution is 2.18. The van der Waals surface area contributed by atoms with Gasteiger partial charge in [-0.3, -0.25) is 0 Å². The van der Waals surface area contributed by atoms with E-state index in [0.29, 0.717) is 12.5 Å². The van der Waals surface area contributed by atoms with E-state index in [9.17, 15) is 0 Å². The second-order valence-corrected chi connectivity index (χ2v) is 4.70. The van der Waals surface area contributed by atoms with Crippen LogP contribution < -0.4 is 10.5 Å². The minimum absolute atomic E-state index is 0.256. The molecule has 0 saturated heterocycles. The zero-order chi connectivity index (χ0) is 11.3. The second-order valence-electron chi connectivity index (χ2n) is 3.53. The molecule has 5 heteroatoms. The largest absolute Gasteiger partial charge is 0.475 e. The Morgan fingerprint density at radius 2 is 2.13 bits per heavy atom. The monoisotopic (exact) mass is 321 g/mol. The molecule has 0 aliphatic heterocycles. The van der Waals surface area contributed by atoms with Gasteiger partial charge >= 0.3 is 0 Å². The number of hydrogen-bond acceptors (Lipinski definition) is 4. The van der Waals surface area contributed by atoms with Gasteiger partial charge in [0, 0.05) is 11.7 Å². The van der Waals surface area contributed by atoms with E-state index in [1.807, 2.05) is 0 Å². The minimum Gasteiger partial charge on any atom is -0.475 e. The summed E-state index contributed by atoms with van der Waals surface area (Å²) in [6.45, 7) is 4.63. The summed E-state index contributed by atoms with van der Waals surface area (Å²) in [5.41, 5.74) is 5.87. The molecule has 1 aromatic heterocycles. The number of aromatic nitrogens is 2. The Bertz CT molecular complexity index is 315. The smallest absolute Gasteiger partial charge is 0.230 e. The second kappa shape index (κ2) is 5.60. The Balaban J connectivity index is 2.61. The van der Waals surface area contributed by atoms with Crippen LogP contribution in [0, 0.1) is 3.57 Å². The maximum absolute atomic E-state index is 6.12. The first-order valence-corrected chi connectivity index (χ1v) is 6.06. The van der Waals surface area contributed by atoms with Crippen LogP contribution in [0.5, 0.6) is 5.88 Å². The average molecular weight is 321 g/mol. The van der Waals surface area contributed by atoms with Gasteiger partial charge in [0.25, 0.3) is 0 Å². The first-order chi connectivity index (χ1) is 7.11. The maximum atomic E-state index is 6.12. The third-order valence-corrected chi connectivity index (χ3v) is 3.28. The maximum Gasteiger partial charge on any atom is 0.230 e. The zero-order valence-corrected chi connectivity index (χ0v) is 11.2. The lowest BCUT2D eigenvalue weighted by Gasteiger charge is -2.26. The van der Waals surface area contributed by atoms with Gasteiger partial charge in [0.2, 0.25) is 5.88 Å². The van der Waals surface area contributed by atoms with Crippen molar-refractivity contribution in [3.63, 3.8) is 0 Å². The van der Waals surface area contributed by atoms with Gasteiger partial charge in [-0.05, 0) is 35.4 Å². The molecule has 0 radical (unpaired) electrons. The van der Waals surface area contributed by atoms with Gasteiger partial charge in [0.1, 0.15) is 12.9 Å². The van der Waals surface area contributed by atoms with Crippen LogP contribution in [-0.4, -0.2) is 22.1 Å². The van der Waals surface area contributed by atoms with Crippen molar-refractivity contribution in [3.8, 4) is 5.88 Å². The lowest BCUT2D eigenvalue weighted by molar-refractivity contribution is 0.199. The molecule has 15 heavy (non-hydrogen) atoms. The lowest BCUT2D eigenvalue weighted by atomic mass is 9.96. The lowest BCUT2D eigenvalue weighted by Crippen LogP contribution is -2.44. The van der Waals surface area contributed by atoms with Crippen LogP contribution in [0.15, 0.2) is 12.5 Å². The Morgan fingerprint density at radius 3 is 2.67 bits per heavy atom. The van der Waals surface area contributed by atoms with Crippen molar-refractivity contribution < 1.29 is 4.74 Å². The van der Waals surface area contributed by atoms with Gasteiger partial charge in [-0.15, -0.1) is 0 Å². The Labute approximate surface area is 104 Å². The molecule has 2 N–H and O–H groups in total. The quantitative estimate of drug-likeness (QED) is 0.843. The van der Waals surface area contributed by atoms with Gasteiger partial charge in [-0.2, -0.15) is 0 Å². The molecule has 0 bridgehead atoms. The summed E-state index contributed by atoms with van der Waals surface area (Å²) in [6, 6.07) is 0. The van der Waals surface area contributed by atoms with Crippen LogP contribution in [0.25, 0.3) is 0 Å². The molecule has 0 atom stereocenters. The summed E-state index contributed by atoms with van der Waals surface area (Å²) < 4.78 is 6.51. The van der Waals surface area contributed by atoms with E-state index in [4.69, 9.17) is 10.5 Å². The molecule has 0 aromatic carbocycles. The molecule has 84 valence electrons. The molecule has 1 aromatic rings. The third kappa shape index (κ3) is 3.57. The number of nitrogens with zero attached hydrogens (tertiary/aromatic N) is 2. The molecule has 4 nitrogen and oxygen atoms in total. The highest BCUT2D eigenvalue weighted by molar-refractivity contribution is 14.1. The molecule has 1 heterocycles. The van der Waals surface area contributed by atoms with Crippen LogP contribution in [0.4, 0.5) is 0 Å². The molecule has 1 rings (SSSR count). The predicted octanol–water partition coefficient (Wildman–Crippen LogP) is 1.98. The van der Waals surface area contributed by atoms with Crippen LogP contribution in [0.2, 0.25) is 0 Å². The normalized spacial score (nSPS) is 11.5. The fourth-order valence-corrected chi connectivity index (χ4v) is 1.53. The summed E-state index contributed by atoms with van der Waals surface area (Å²) in [6.07, 6.45) is 4.99. The Hall–Kier alpha value is -0.430. The van der Waals surface area contributed by atoms with Crippen molar-refractivity contribution in [2.75, 3.05) is 6.61 Å². The van der Waals surface area contributed by atoms with Gasteiger partial charge in [-0.1, -0.05) is 13.8 Å². The Morgan fingerprint density at radius 1 is 1.47 bits per heavy atom. The summed E-state index contributed by atoms with van der Waals surface area (Å²) in [4.78, 5) is 7.95. The molecular weight excluding hydrogens is 305 g/mol. The van der Waals surface area contributed by atoms with E-state index in [1.54, 1.807) is 6.20 Å². The number of halogens is 1. The minimum atomic E-state index is -0.256. The van der Waals surface area contributed by atoms with Crippen molar-refractivity contribution in [3.05, 3.63) is 16.1 Å². The molecule has 0 amide bonds. The number of nitrogens with two attached hydrogens (primary N) is 1. The predicted molar refractivity (Wildman–Crippen MR) is 67.7 cm³/mol. The summed E-state index contributed by atoms with van der Waals surface area (Å²) in [5, 5.41) is 0. The third-order valence-electron chi connectivity index (χ3n) is 2.54. The number of ether oxygens (including phenoxy) is 1. The first-order valence-electron chi connectivity index (χ1n) is 4.98. The average Bonchev–Trinajstić information content (AvgIpc) is 2.28. The zero-order valence-electron chi connectivity index (χ0n) is 9.03. The van der Waals surface area contributed by atoms with Crippen LogP contribution in [-0.2, 0) is 0 Å². The van der Waals surface area contributed by atoms with E-state index >= 15 is 0 Å². The molecule has 0 fully saturated rings. The van der Waals surface area contributed by atoms with Crippen LogP contribution in [0.1, 0.15) is 26.7 Å². The SMILES string of the molecule is CCC(N)(CC)COc1ncncc1I. The van der Waals surface area contributed by atoms with E-state index in [-0.39, 0.29) is 5.54 Å². The van der Waals surface area contributed by atoms with E-state index in [2.05, 4.69) is 46.4 Å². The summed E-state index contributed by atoms with van der Waals surface area (Å²) in [5.74, 6) is 0.613. The van der Waals surface area contributed by atoms with E-state index < -0.39 is 0 Å². The van der Waals surface area contributed by atoms with E-state index in [0.717, 1.165) is 16.4 Å². The van der Waals surface area contributed by atoms with Crippen molar-refractivity contribution in [2.45, 2.75) is 32.2 Å². The first kappa shape index (κ1) is 12.6. The van der Waals surface area contributed by atoms with Crippen molar-refractivity contribution in [1.29, 1.82) is 0 Å². The standard InChI is InChI=1S/C10H16IN3O/c1-3-10(12,4-2)6-15-9-8(11)5-13-7-14-9/h5,7H,3-4,6,12H2,1-2H3. The van der Waals surface area contributed by atoms with Crippen LogP contribution >= 0.6 is 22.6 Å². The summed E-state index contributed by atoms with van der Waals surface area (Å²) >= 11 is 2.15. The van der Waals surface area contributed by atoms with Crippen molar-refractivity contribution >= 4 is 22.6 Å². The van der Waals surface area contributed by atoms with Gasteiger partial charge in [-0.25, -0.2) is 9.97 Å². The van der Waals surface area contributed by atoms with Gasteiger partial charge < -0.3 is 10.5 Å². The molecule has 0 unspecified atom stereocenters. The number of hydrogen-bond donors (Lipinski definition) is 1. The van der Waals surface area contributed by atoms with Gasteiger partial charge in [0.05, 0.1) is 3.57 Å². The molecule has 0 saturated carbocycles. The molecular formula is C10H16IN3O. The van der Waals surface area contributed by atoms with Crippen LogP contribution in [0.3, 0.4) is 0 Å². The molecule has 0 aliphatic rings. The highest BCUT2D eigenvalue weighted by Gasteiger charge is 2.21. The van der Waals surface area contributed by atoms with E-state index in [1.165, 1.54) is 6.33 Å². The number of rotatable bonds is 5. The molecule has 0 spiro atoms. The molecule has 0 aliphatic carbocycles. The Kier molecular flexibility index (Phi) is 4.72. The fraction of sp³-hybridized carbons (Fsp3) is 0.600. The highest BCUT2D eigenvalue weighted by atomic mass is 127. The summed E-state index contributed by atoms with van der Waals surface area (Å²) in [7, 11) is 0. The van der Waals surface area contributed by atoms with Crippen molar-refractivity contribution in [1.82, 2.24) is 9.97 Å². The van der Waals surface area contributed by atoms with Crippen molar-refractivity contribution in [2.24, 2.45) is 5.73 Å². The topological polar surface area (TPSA) is 61.0 Å². The van der Waals surface area contributed by atoms with Gasteiger partial charge in [0.15, 0.2) is 0 Å². The fourth-order valence-electron chi connectivity index (χ4n) is 1.07.